The lowest BCUT2D eigenvalue weighted by molar-refractivity contribution is 0.130. The van der Waals surface area contributed by atoms with Gasteiger partial charge in [0.1, 0.15) is 5.75 Å². The van der Waals surface area contributed by atoms with Crippen LogP contribution in [0.4, 0.5) is 0 Å². The summed E-state index contributed by atoms with van der Waals surface area (Å²) in [7, 11) is 0. The van der Waals surface area contributed by atoms with Crippen LogP contribution in [0, 0.1) is 0 Å². The molecule has 0 aliphatic carbocycles. The number of ether oxygens (including phenoxy) is 2. The Kier molecular flexibility index (Phi) is 6.81. The highest BCUT2D eigenvalue weighted by Gasteiger charge is 2.10. The summed E-state index contributed by atoms with van der Waals surface area (Å²) in [5.74, 6) is 0.817. The minimum absolute atomic E-state index is 0.212. The monoisotopic (exact) mass is 332 g/mol. The highest BCUT2D eigenvalue weighted by molar-refractivity contribution is 5.32. The van der Waals surface area contributed by atoms with E-state index < -0.39 is 5.69 Å². The van der Waals surface area contributed by atoms with Crippen LogP contribution in [0.5, 0.6) is 5.75 Å². The Morgan fingerprint density at radius 2 is 1.79 bits per heavy atom. The highest BCUT2D eigenvalue weighted by atomic mass is 16.5. The number of aromatic nitrogens is 2. The zero-order valence-electron chi connectivity index (χ0n) is 14.2. The Morgan fingerprint density at radius 3 is 2.46 bits per heavy atom. The molecule has 0 spiro atoms. The number of hydrogen-bond acceptors (Lipinski definition) is 4. The van der Waals surface area contributed by atoms with Gasteiger partial charge in [0, 0.05) is 18.6 Å². The first-order chi connectivity index (χ1) is 11.6. The van der Waals surface area contributed by atoms with Crippen LogP contribution in [-0.4, -0.2) is 23.2 Å². The van der Waals surface area contributed by atoms with Crippen LogP contribution in [0.1, 0.15) is 43.5 Å². The quantitative estimate of drug-likeness (QED) is 0.691. The van der Waals surface area contributed by atoms with Gasteiger partial charge in [0.25, 0.3) is 5.56 Å². The number of aromatic amines is 2. The van der Waals surface area contributed by atoms with Gasteiger partial charge in [-0.25, -0.2) is 4.79 Å². The second-order valence-corrected chi connectivity index (χ2v) is 5.53. The van der Waals surface area contributed by atoms with Crippen LogP contribution >= 0.6 is 0 Å². The number of H-pyrrole nitrogens is 2. The summed E-state index contributed by atoms with van der Waals surface area (Å²) >= 11 is 0. The minimum atomic E-state index is -0.516. The highest BCUT2D eigenvalue weighted by Crippen LogP contribution is 2.15. The Labute approximate surface area is 140 Å². The van der Waals surface area contributed by atoms with E-state index in [0.717, 1.165) is 24.2 Å². The van der Waals surface area contributed by atoms with Crippen molar-refractivity contribution < 1.29 is 9.47 Å². The average Bonchev–Trinajstić information content (AvgIpc) is 2.57. The number of benzene rings is 1. The predicted molar refractivity (Wildman–Crippen MR) is 92.7 cm³/mol. The fourth-order valence-electron chi connectivity index (χ4n) is 2.32. The van der Waals surface area contributed by atoms with Crippen molar-refractivity contribution in [3.05, 3.63) is 61.9 Å². The number of rotatable bonds is 9. The summed E-state index contributed by atoms with van der Waals surface area (Å²) in [4.78, 5) is 28.5. The molecule has 24 heavy (non-hydrogen) atoms. The van der Waals surface area contributed by atoms with E-state index in [-0.39, 0.29) is 12.2 Å². The zero-order valence-corrected chi connectivity index (χ0v) is 14.2. The van der Waals surface area contributed by atoms with Crippen molar-refractivity contribution in [2.45, 2.75) is 39.7 Å². The molecule has 0 aliphatic heterocycles. The molecular formula is C18H24N2O4. The Balaban J connectivity index is 2.15. The second-order valence-electron chi connectivity index (χ2n) is 5.53. The Bertz CT molecular complexity index is 747. The molecule has 2 aromatic rings. The van der Waals surface area contributed by atoms with Crippen molar-refractivity contribution in [3.8, 4) is 5.75 Å². The van der Waals surface area contributed by atoms with E-state index in [9.17, 15) is 9.59 Å². The molecule has 1 aromatic carbocycles. The van der Waals surface area contributed by atoms with Gasteiger partial charge in [-0.1, -0.05) is 25.5 Å². The van der Waals surface area contributed by atoms with E-state index >= 15 is 0 Å². The van der Waals surface area contributed by atoms with Gasteiger partial charge < -0.3 is 14.5 Å². The number of nitrogens with one attached hydrogen (secondary N) is 2. The fourth-order valence-corrected chi connectivity index (χ4v) is 2.32. The third kappa shape index (κ3) is 5.09. The normalized spacial score (nSPS) is 10.8. The molecule has 0 fully saturated rings. The minimum Gasteiger partial charge on any atom is -0.494 e. The number of hydrogen-bond donors (Lipinski definition) is 2. The summed E-state index contributed by atoms with van der Waals surface area (Å²) in [6, 6.07) is 7.65. The third-order valence-corrected chi connectivity index (χ3v) is 3.65. The first kappa shape index (κ1) is 18.0. The molecule has 130 valence electrons. The van der Waals surface area contributed by atoms with Crippen LogP contribution in [0.3, 0.4) is 0 Å². The van der Waals surface area contributed by atoms with Crippen LogP contribution in [0.15, 0.2) is 33.9 Å². The second kappa shape index (κ2) is 9.08. The molecule has 0 bridgehead atoms. The summed E-state index contributed by atoms with van der Waals surface area (Å²) in [6.45, 7) is 5.41. The first-order valence-electron chi connectivity index (χ1n) is 8.27. The molecule has 0 amide bonds. The maximum absolute atomic E-state index is 12.1. The SMILES string of the molecule is CCCCOc1ccc(Cc2c(COCC)[nH]c(=O)[nH]c2=O)cc1. The molecule has 6 heteroatoms. The van der Waals surface area contributed by atoms with E-state index in [4.69, 9.17) is 9.47 Å². The number of unbranched alkanes of at least 4 members (excludes halogenated alkanes) is 1. The summed E-state index contributed by atoms with van der Waals surface area (Å²) < 4.78 is 11.0. The van der Waals surface area contributed by atoms with E-state index in [0.29, 0.717) is 30.9 Å². The topological polar surface area (TPSA) is 84.2 Å². The standard InChI is InChI=1S/C18H24N2O4/c1-3-5-10-24-14-8-6-13(7-9-14)11-15-16(12-23-4-2)19-18(22)20-17(15)21/h6-9H,3-5,10-12H2,1-2H3,(H2,19,20,21,22). The molecule has 0 unspecified atom stereocenters. The fraction of sp³-hybridized carbons (Fsp3) is 0.444. The lowest BCUT2D eigenvalue weighted by Gasteiger charge is -2.09. The van der Waals surface area contributed by atoms with Crippen molar-refractivity contribution in [3.63, 3.8) is 0 Å². The molecule has 0 atom stereocenters. The van der Waals surface area contributed by atoms with Crippen LogP contribution in [0.2, 0.25) is 0 Å². The average molecular weight is 332 g/mol. The predicted octanol–water partition coefficient (Wildman–Crippen LogP) is 2.37. The van der Waals surface area contributed by atoms with Gasteiger partial charge >= 0.3 is 5.69 Å². The molecule has 0 radical (unpaired) electrons. The van der Waals surface area contributed by atoms with Gasteiger partial charge in [-0.2, -0.15) is 0 Å². The van der Waals surface area contributed by atoms with E-state index in [1.165, 1.54) is 0 Å². The van der Waals surface area contributed by atoms with Crippen molar-refractivity contribution in [1.82, 2.24) is 9.97 Å². The van der Waals surface area contributed by atoms with E-state index in [1.54, 1.807) is 0 Å². The molecule has 0 aliphatic rings. The van der Waals surface area contributed by atoms with Crippen LogP contribution < -0.4 is 16.0 Å². The van der Waals surface area contributed by atoms with Crippen molar-refractivity contribution in [1.29, 1.82) is 0 Å². The molecule has 0 saturated heterocycles. The molecule has 2 rings (SSSR count). The van der Waals surface area contributed by atoms with Gasteiger partial charge in [0.15, 0.2) is 0 Å². The van der Waals surface area contributed by atoms with Crippen molar-refractivity contribution in [2.75, 3.05) is 13.2 Å². The van der Waals surface area contributed by atoms with Crippen LogP contribution in [0.25, 0.3) is 0 Å². The largest absolute Gasteiger partial charge is 0.494 e. The maximum atomic E-state index is 12.1. The van der Waals surface area contributed by atoms with E-state index in [1.807, 2.05) is 31.2 Å². The van der Waals surface area contributed by atoms with Crippen molar-refractivity contribution in [2.24, 2.45) is 0 Å². The summed E-state index contributed by atoms with van der Waals surface area (Å²) in [5, 5.41) is 0. The first-order valence-corrected chi connectivity index (χ1v) is 8.27. The zero-order chi connectivity index (χ0) is 17.4. The smallest absolute Gasteiger partial charge is 0.325 e. The van der Waals surface area contributed by atoms with Gasteiger partial charge in [-0.05, 0) is 31.0 Å². The lowest BCUT2D eigenvalue weighted by atomic mass is 10.0. The Morgan fingerprint density at radius 1 is 1.04 bits per heavy atom. The van der Waals surface area contributed by atoms with Crippen LogP contribution in [-0.2, 0) is 17.8 Å². The van der Waals surface area contributed by atoms with Gasteiger partial charge in [-0.15, -0.1) is 0 Å². The Hall–Kier alpha value is -2.34. The molecule has 0 saturated carbocycles. The third-order valence-electron chi connectivity index (χ3n) is 3.65. The molecule has 1 heterocycles. The van der Waals surface area contributed by atoms with Gasteiger partial charge in [0.05, 0.1) is 18.9 Å². The molecule has 1 aromatic heterocycles. The maximum Gasteiger partial charge on any atom is 0.325 e. The molecular weight excluding hydrogens is 308 g/mol. The van der Waals surface area contributed by atoms with Crippen molar-refractivity contribution >= 4 is 0 Å². The molecule has 2 N–H and O–H groups in total. The van der Waals surface area contributed by atoms with Gasteiger partial charge in [0.2, 0.25) is 0 Å². The summed E-state index contributed by atoms with van der Waals surface area (Å²) in [6.07, 6.45) is 2.54. The van der Waals surface area contributed by atoms with E-state index in [2.05, 4.69) is 16.9 Å². The molecule has 6 nitrogen and oxygen atoms in total. The lowest BCUT2D eigenvalue weighted by Crippen LogP contribution is -2.28. The summed E-state index contributed by atoms with van der Waals surface area (Å²) in [5.41, 5.74) is 1.11. The van der Waals surface area contributed by atoms with Gasteiger partial charge in [-0.3, -0.25) is 9.78 Å².